The molecule has 1 aromatic carbocycles. The molecule has 0 bridgehead atoms. The van der Waals surface area contributed by atoms with Crippen molar-refractivity contribution in [1.29, 1.82) is 0 Å². The standard InChI is InChI=1S/C16H13ClN4O3S2/c1-8(13(23)19-15-11(12(18)22)5-6-25-15)26-16-21-20-14(24-16)9-3-2-4-10(17)7-9/h2-8H,1H3,(H2,18,22)(H,19,23)/t8-/m1/s1. The molecule has 0 aliphatic carbocycles. The number of primary amides is 1. The van der Waals surface area contributed by atoms with Crippen LogP contribution in [0.15, 0.2) is 45.4 Å². The second kappa shape index (κ2) is 7.90. The fourth-order valence-electron chi connectivity index (χ4n) is 2.01. The number of carbonyl (C=O) groups is 2. The molecule has 10 heteroatoms. The summed E-state index contributed by atoms with van der Waals surface area (Å²) < 4.78 is 5.57. The number of thioether (sulfide) groups is 1. The van der Waals surface area contributed by atoms with E-state index in [4.69, 9.17) is 21.8 Å². The molecule has 0 unspecified atom stereocenters. The topological polar surface area (TPSA) is 111 Å². The number of carbonyl (C=O) groups excluding carboxylic acids is 2. The van der Waals surface area contributed by atoms with Crippen LogP contribution in [-0.2, 0) is 4.79 Å². The van der Waals surface area contributed by atoms with Crippen LogP contribution in [0, 0.1) is 0 Å². The highest BCUT2D eigenvalue weighted by Crippen LogP contribution is 2.29. The maximum atomic E-state index is 12.3. The lowest BCUT2D eigenvalue weighted by Gasteiger charge is -2.09. The van der Waals surface area contributed by atoms with Gasteiger partial charge < -0.3 is 15.5 Å². The fourth-order valence-corrected chi connectivity index (χ4v) is 3.68. The Morgan fingerprint density at radius 2 is 2.15 bits per heavy atom. The molecule has 0 saturated heterocycles. The van der Waals surface area contributed by atoms with E-state index in [0.717, 1.165) is 11.8 Å². The van der Waals surface area contributed by atoms with Crippen LogP contribution in [0.1, 0.15) is 17.3 Å². The van der Waals surface area contributed by atoms with E-state index in [-0.39, 0.29) is 16.7 Å². The van der Waals surface area contributed by atoms with Crippen molar-refractivity contribution in [3.63, 3.8) is 0 Å². The second-order valence-electron chi connectivity index (χ2n) is 5.16. The molecule has 2 aromatic heterocycles. The minimum atomic E-state index is -0.593. The molecule has 26 heavy (non-hydrogen) atoms. The van der Waals surface area contributed by atoms with E-state index >= 15 is 0 Å². The van der Waals surface area contributed by atoms with E-state index in [9.17, 15) is 9.59 Å². The summed E-state index contributed by atoms with van der Waals surface area (Å²) in [5.74, 6) is -0.579. The highest BCUT2D eigenvalue weighted by molar-refractivity contribution is 8.00. The molecule has 0 aliphatic heterocycles. The molecule has 3 N–H and O–H groups in total. The summed E-state index contributed by atoms with van der Waals surface area (Å²) in [7, 11) is 0. The van der Waals surface area contributed by atoms with Gasteiger partial charge in [0, 0.05) is 10.6 Å². The molecule has 0 fully saturated rings. The average Bonchev–Trinajstić information content (AvgIpc) is 3.24. The summed E-state index contributed by atoms with van der Waals surface area (Å²) >= 11 is 8.29. The lowest BCUT2D eigenvalue weighted by Crippen LogP contribution is -2.23. The lowest BCUT2D eigenvalue weighted by molar-refractivity contribution is -0.115. The number of nitrogens with one attached hydrogen (secondary N) is 1. The number of hydrogen-bond acceptors (Lipinski definition) is 7. The van der Waals surface area contributed by atoms with Crippen LogP contribution in [-0.4, -0.2) is 27.3 Å². The van der Waals surface area contributed by atoms with Gasteiger partial charge in [-0.3, -0.25) is 9.59 Å². The van der Waals surface area contributed by atoms with Crippen molar-refractivity contribution in [2.24, 2.45) is 5.73 Å². The van der Waals surface area contributed by atoms with E-state index in [1.165, 1.54) is 11.3 Å². The van der Waals surface area contributed by atoms with Crippen LogP contribution < -0.4 is 11.1 Å². The molecule has 0 aliphatic rings. The highest BCUT2D eigenvalue weighted by atomic mass is 35.5. The number of hydrogen-bond donors (Lipinski definition) is 2. The average molecular weight is 409 g/mol. The minimum Gasteiger partial charge on any atom is -0.411 e. The van der Waals surface area contributed by atoms with Crippen LogP contribution in [0.3, 0.4) is 0 Å². The SMILES string of the molecule is C[C@@H](Sc1nnc(-c2cccc(Cl)c2)o1)C(=O)Nc1sccc1C(N)=O. The molecule has 7 nitrogen and oxygen atoms in total. The van der Waals surface area contributed by atoms with E-state index < -0.39 is 11.2 Å². The van der Waals surface area contributed by atoms with Crippen LogP contribution >= 0.6 is 34.7 Å². The molecule has 0 saturated carbocycles. The Morgan fingerprint density at radius 1 is 1.35 bits per heavy atom. The van der Waals surface area contributed by atoms with Gasteiger partial charge in [-0.25, -0.2) is 0 Å². The molecule has 134 valence electrons. The Morgan fingerprint density at radius 3 is 2.88 bits per heavy atom. The number of aromatic nitrogens is 2. The van der Waals surface area contributed by atoms with E-state index in [1.807, 2.05) is 0 Å². The Hall–Kier alpha value is -2.36. The molecule has 0 radical (unpaired) electrons. The maximum absolute atomic E-state index is 12.3. The predicted octanol–water partition coefficient (Wildman–Crippen LogP) is 3.67. The quantitative estimate of drug-likeness (QED) is 0.602. The Balaban J connectivity index is 1.66. The third-order valence-electron chi connectivity index (χ3n) is 3.29. The summed E-state index contributed by atoms with van der Waals surface area (Å²) in [5.41, 5.74) is 6.24. The largest absolute Gasteiger partial charge is 0.411 e. The van der Waals surface area contributed by atoms with Gasteiger partial charge in [-0.1, -0.05) is 29.4 Å². The minimum absolute atomic E-state index is 0.254. The van der Waals surface area contributed by atoms with Crippen molar-refractivity contribution in [3.05, 3.63) is 46.3 Å². The Bertz CT molecular complexity index is 956. The van der Waals surface area contributed by atoms with Crippen molar-refractivity contribution < 1.29 is 14.0 Å². The molecular formula is C16H13ClN4O3S2. The van der Waals surface area contributed by atoms with Crippen molar-refractivity contribution in [2.45, 2.75) is 17.4 Å². The van der Waals surface area contributed by atoms with E-state index in [2.05, 4.69) is 15.5 Å². The summed E-state index contributed by atoms with van der Waals surface area (Å²) in [4.78, 5) is 23.6. The number of halogens is 1. The third kappa shape index (κ3) is 4.24. The molecule has 3 rings (SSSR count). The zero-order valence-electron chi connectivity index (χ0n) is 13.4. The van der Waals surface area contributed by atoms with Crippen LogP contribution in [0.5, 0.6) is 0 Å². The van der Waals surface area contributed by atoms with E-state index in [1.54, 1.807) is 42.6 Å². The molecule has 0 spiro atoms. The molecular weight excluding hydrogens is 396 g/mol. The van der Waals surface area contributed by atoms with Crippen LogP contribution in [0.2, 0.25) is 5.02 Å². The number of benzene rings is 1. The number of thiophene rings is 1. The lowest BCUT2D eigenvalue weighted by atomic mass is 10.2. The van der Waals surface area contributed by atoms with Gasteiger partial charge in [0.05, 0.1) is 10.8 Å². The van der Waals surface area contributed by atoms with Gasteiger partial charge in [-0.05, 0) is 36.6 Å². The first-order chi connectivity index (χ1) is 12.4. The number of nitrogens with zero attached hydrogens (tertiary/aromatic N) is 2. The van der Waals surface area contributed by atoms with Gasteiger partial charge in [0.1, 0.15) is 5.00 Å². The normalized spacial score (nSPS) is 11.9. The van der Waals surface area contributed by atoms with Gasteiger partial charge >= 0.3 is 0 Å². The van der Waals surface area contributed by atoms with Crippen LogP contribution in [0.4, 0.5) is 5.00 Å². The molecule has 3 aromatic rings. The summed E-state index contributed by atoms with van der Waals surface area (Å²) in [5, 5.41) is 13.0. The molecule has 2 heterocycles. The van der Waals surface area contributed by atoms with Crippen molar-refractivity contribution >= 4 is 51.5 Å². The summed E-state index contributed by atoms with van der Waals surface area (Å²) in [6.07, 6.45) is 0. The second-order valence-corrected chi connectivity index (χ2v) is 7.81. The number of anilines is 1. The molecule has 2 amide bonds. The van der Waals surface area contributed by atoms with Gasteiger partial charge in [0.25, 0.3) is 11.1 Å². The number of nitrogens with two attached hydrogens (primary N) is 1. The monoisotopic (exact) mass is 408 g/mol. The predicted molar refractivity (Wildman–Crippen MR) is 102 cm³/mol. The van der Waals surface area contributed by atoms with Gasteiger partial charge in [-0.2, -0.15) is 0 Å². The van der Waals surface area contributed by atoms with Crippen molar-refractivity contribution in [2.75, 3.05) is 5.32 Å². The highest BCUT2D eigenvalue weighted by Gasteiger charge is 2.21. The number of amides is 2. The fraction of sp³-hybridized carbons (Fsp3) is 0.125. The van der Waals surface area contributed by atoms with Crippen molar-refractivity contribution in [1.82, 2.24) is 10.2 Å². The van der Waals surface area contributed by atoms with Gasteiger partial charge in [-0.15, -0.1) is 21.5 Å². The summed E-state index contributed by atoms with van der Waals surface area (Å²) in [6.45, 7) is 1.70. The number of rotatable bonds is 6. The first-order valence-electron chi connectivity index (χ1n) is 7.38. The van der Waals surface area contributed by atoms with Gasteiger partial charge in [0.2, 0.25) is 11.8 Å². The third-order valence-corrected chi connectivity index (χ3v) is 5.29. The maximum Gasteiger partial charge on any atom is 0.277 e. The zero-order valence-corrected chi connectivity index (χ0v) is 15.8. The Labute approximate surface area is 161 Å². The van der Waals surface area contributed by atoms with Gasteiger partial charge in [0.15, 0.2) is 0 Å². The zero-order chi connectivity index (χ0) is 18.7. The van der Waals surface area contributed by atoms with E-state index in [0.29, 0.717) is 21.5 Å². The van der Waals surface area contributed by atoms with Crippen LogP contribution in [0.25, 0.3) is 11.5 Å². The first-order valence-corrected chi connectivity index (χ1v) is 9.52. The van der Waals surface area contributed by atoms with Crippen molar-refractivity contribution in [3.8, 4) is 11.5 Å². The molecule has 1 atom stereocenters. The smallest absolute Gasteiger partial charge is 0.277 e. The first kappa shape index (κ1) is 18.4. The Kier molecular flexibility index (Phi) is 5.60. The summed E-state index contributed by atoms with van der Waals surface area (Å²) in [6, 6.07) is 8.60.